The van der Waals surface area contributed by atoms with Gasteiger partial charge in [-0.2, -0.15) is 5.26 Å². The van der Waals surface area contributed by atoms with Crippen molar-refractivity contribution < 1.29 is 9.69 Å². The van der Waals surface area contributed by atoms with Crippen molar-refractivity contribution in [2.45, 2.75) is 57.4 Å². The van der Waals surface area contributed by atoms with Crippen molar-refractivity contribution in [3.05, 3.63) is 0 Å². The van der Waals surface area contributed by atoms with Gasteiger partial charge in [0.15, 0.2) is 6.54 Å². The minimum absolute atomic E-state index is 0.0477. The molecule has 0 radical (unpaired) electrons. The maximum atomic E-state index is 12.1. The molecule has 1 aliphatic heterocycles. The minimum Gasteiger partial charge on any atom is -0.333 e. The number of carbonyl (C=O) groups is 1. The molecule has 1 heterocycles. The number of rotatable bonds is 4. The molecule has 106 valence electrons. The van der Waals surface area contributed by atoms with Crippen LogP contribution >= 0.6 is 0 Å². The van der Waals surface area contributed by atoms with Crippen LogP contribution in [0.25, 0.3) is 0 Å². The predicted octanol–water partition coefficient (Wildman–Crippen LogP) is 0.644. The Morgan fingerprint density at radius 3 is 2.37 bits per heavy atom. The Balaban J connectivity index is 1.81. The third-order valence-corrected chi connectivity index (χ3v) is 4.50. The third kappa shape index (κ3) is 4.21. The summed E-state index contributed by atoms with van der Waals surface area (Å²) in [5, 5.41) is 12.2. The van der Waals surface area contributed by atoms with Crippen LogP contribution in [0.2, 0.25) is 0 Å². The van der Waals surface area contributed by atoms with Gasteiger partial charge in [0.1, 0.15) is 5.54 Å². The summed E-state index contributed by atoms with van der Waals surface area (Å²) >= 11 is 0. The van der Waals surface area contributed by atoms with Gasteiger partial charge >= 0.3 is 0 Å². The van der Waals surface area contributed by atoms with E-state index in [1.165, 1.54) is 37.0 Å². The molecule has 1 saturated heterocycles. The smallest absolute Gasteiger partial charge is 0.276 e. The molecule has 2 rings (SSSR count). The molecule has 2 fully saturated rings. The molecule has 0 unspecified atom stereocenters. The van der Waals surface area contributed by atoms with Crippen LogP contribution in [0.5, 0.6) is 0 Å². The highest BCUT2D eigenvalue weighted by Crippen LogP contribution is 2.39. The van der Waals surface area contributed by atoms with Crippen LogP contribution in [0.4, 0.5) is 0 Å². The van der Waals surface area contributed by atoms with E-state index in [2.05, 4.69) is 11.4 Å². The fourth-order valence-electron chi connectivity index (χ4n) is 3.02. The maximum absolute atomic E-state index is 12.1. The highest BCUT2D eigenvalue weighted by atomic mass is 16.2. The molecule has 0 aromatic rings. The van der Waals surface area contributed by atoms with Gasteiger partial charge in [0.25, 0.3) is 5.91 Å². The number of likely N-dealkylation sites (tertiary alicyclic amines) is 1. The third-order valence-electron chi connectivity index (χ3n) is 4.50. The first-order valence-electron chi connectivity index (χ1n) is 7.70. The van der Waals surface area contributed by atoms with E-state index in [-0.39, 0.29) is 5.91 Å². The van der Waals surface area contributed by atoms with Crippen LogP contribution in [0.15, 0.2) is 0 Å². The number of hydrogen-bond donors (Lipinski definition) is 2. The topological polar surface area (TPSA) is 57.3 Å². The van der Waals surface area contributed by atoms with Gasteiger partial charge in [-0.25, -0.2) is 0 Å². The summed E-state index contributed by atoms with van der Waals surface area (Å²) in [5.74, 6) is 0.412. The van der Waals surface area contributed by atoms with Gasteiger partial charge in [0.2, 0.25) is 0 Å². The van der Waals surface area contributed by atoms with Gasteiger partial charge in [-0.3, -0.25) is 4.79 Å². The van der Waals surface area contributed by atoms with Crippen LogP contribution in [0.3, 0.4) is 0 Å². The highest BCUT2D eigenvalue weighted by molar-refractivity contribution is 5.78. The number of nitrogens with zero attached hydrogens (tertiary/aromatic N) is 1. The molecule has 1 atom stereocenters. The summed E-state index contributed by atoms with van der Waals surface area (Å²) in [4.78, 5) is 13.5. The van der Waals surface area contributed by atoms with E-state index in [0.717, 1.165) is 25.9 Å². The molecule has 1 saturated carbocycles. The lowest BCUT2D eigenvalue weighted by atomic mass is 9.98. The van der Waals surface area contributed by atoms with Crippen molar-refractivity contribution in [3.8, 4) is 6.07 Å². The van der Waals surface area contributed by atoms with Crippen LogP contribution in [-0.4, -0.2) is 31.1 Å². The van der Waals surface area contributed by atoms with E-state index >= 15 is 0 Å². The Morgan fingerprint density at radius 1 is 1.26 bits per heavy atom. The van der Waals surface area contributed by atoms with Crippen LogP contribution in [-0.2, 0) is 4.79 Å². The Labute approximate surface area is 116 Å². The van der Waals surface area contributed by atoms with Gasteiger partial charge in [-0.15, -0.1) is 0 Å². The zero-order valence-corrected chi connectivity index (χ0v) is 12.0. The Morgan fingerprint density at radius 2 is 1.84 bits per heavy atom. The first-order valence-corrected chi connectivity index (χ1v) is 7.70. The van der Waals surface area contributed by atoms with Crippen LogP contribution in [0, 0.1) is 17.2 Å². The van der Waals surface area contributed by atoms with Crippen LogP contribution < -0.4 is 10.2 Å². The van der Waals surface area contributed by atoms with Gasteiger partial charge in [-0.1, -0.05) is 6.42 Å². The molecule has 1 aliphatic carbocycles. The van der Waals surface area contributed by atoms with E-state index in [0.29, 0.717) is 12.5 Å². The highest BCUT2D eigenvalue weighted by Gasteiger charge is 2.43. The molecule has 0 bridgehead atoms. The zero-order chi connectivity index (χ0) is 13.7. The van der Waals surface area contributed by atoms with Gasteiger partial charge in [0, 0.05) is 0 Å². The Bertz CT molecular complexity index is 351. The van der Waals surface area contributed by atoms with E-state index in [1.807, 2.05) is 6.92 Å². The van der Waals surface area contributed by atoms with Gasteiger partial charge < -0.3 is 10.2 Å². The summed E-state index contributed by atoms with van der Waals surface area (Å²) in [6.07, 6.45) is 8.52. The molecule has 0 spiro atoms. The average Bonchev–Trinajstić information content (AvgIpc) is 3.16. The summed E-state index contributed by atoms with van der Waals surface area (Å²) in [6.45, 7) is 4.59. The Kier molecular flexibility index (Phi) is 4.81. The zero-order valence-electron chi connectivity index (χ0n) is 12.0. The van der Waals surface area contributed by atoms with Crippen molar-refractivity contribution in [1.82, 2.24) is 5.32 Å². The van der Waals surface area contributed by atoms with E-state index < -0.39 is 5.54 Å². The summed E-state index contributed by atoms with van der Waals surface area (Å²) in [5.41, 5.74) is -0.640. The molecular weight excluding hydrogens is 238 g/mol. The lowest BCUT2D eigenvalue weighted by Gasteiger charge is -2.25. The fourth-order valence-corrected chi connectivity index (χ4v) is 3.02. The molecule has 0 aromatic carbocycles. The first kappa shape index (κ1) is 14.3. The minimum atomic E-state index is -0.640. The average molecular weight is 264 g/mol. The SMILES string of the molecule is C[C@](C#N)(NC(=O)C[NH+]1CCCCCCC1)C1CC1. The first-order chi connectivity index (χ1) is 9.14. The number of nitrogens with one attached hydrogen (secondary N) is 2. The van der Waals surface area contributed by atoms with Crippen LogP contribution in [0.1, 0.15) is 51.9 Å². The van der Waals surface area contributed by atoms with E-state index in [1.54, 1.807) is 0 Å². The standard InChI is InChI=1S/C15H25N3O/c1-15(12-16,13-7-8-13)17-14(19)11-18-9-5-3-2-4-6-10-18/h13H,2-11H2,1H3,(H,17,19)/p+1/t15-/m1/s1. The van der Waals surface area contributed by atoms with Crippen molar-refractivity contribution in [1.29, 1.82) is 5.26 Å². The second-order valence-electron chi connectivity index (χ2n) is 6.33. The predicted molar refractivity (Wildman–Crippen MR) is 73.5 cm³/mol. The van der Waals surface area contributed by atoms with Crippen molar-refractivity contribution in [2.75, 3.05) is 19.6 Å². The van der Waals surface area contributed by atoms with Gasteiger partial charge in [-0.05, 0) is 51.4 Å². The fraction of sp³-hybridized carbons (Fsp3) is 0.867. The molecule has 19 heavy (non-hydrogen) atoms. The monoisotopic (exact) mass is 264 g/mol. The summed E-state index contributed by atoms with van der Waals surface area (Å²) in [7, 11) is 0. The van der Waals surface area contributed by atoms with E-state index in [9.17, 15) is 10.1 Å². The molecule has 4 nitrogen and oxygen atoms in total. The lowest BCUT2D eigenvalue weighted by Crippen LogP contribution is -3.13. The Hall–Kier alpha value is -1.08. The van der Waals surface area contributed by atoms with Crippen molar-refractivity contribution >= 4 is 5.91 Å². The van der Waals surface area contributed by atoms with Crippen molar-refractivity contribution in [3.63, 3.8) is 0 Å². The number of carbonyl (C=O) groups excluding carboxylic acids is 1. The molecule has 0 aromatic heterocycles. The number of amides is 1. The normalized spacial score (nSPS) is 24.6. The molecule has 4 heteroatoms. The largest absolute Gasteiger partial charge is 0.333 e. The molecule has 2 N–H and O–H groups in total. The number of nitriles is 1. The van der Waals surface area contributed by atoms with E-state index in [4.69, 9.17) is 0 Å². The number of quaternary nitrogens is 1. The summed E-state index contributed by atoms with van der Waals surface area (Å²) < 4.78 is 0. The molecule has 1 amide bonds. The molecule has 2 aliphatic rings. The second kappa shape index (κ2) is 6.38. The quantitative estimate of drug-likeness (QED) is 0.783. The molecular formula is C15H26N3O+. The van der Waals surface area contributed by atoms with Gasteiger partial charge in [0.05, 0.1) is 19.2 Å². The summed E-state index contributed by atoms with van der Waals surface area (Å²) in [6, 6.07) is 2.29. The van der Waals surface area contributed by atoms with Crippen molar-refractivity contribution in [2.24, 2.45) is 5.92 Å². The number of hydrogen-bond acceptors (Lipinski definition) is 2. The maximum Gasteiger partial charge on any atom is 0.276 e. The lowest BCUT2D eigenvalue weighted by molar-refractivity contribution is -0.893. The second-order valence-corrected chi connectivity index (χ2v) is 6.33.